The molecule has 1 aliphatic heterocycles. The van der Waals surface area contributed by atoms with Crippen molar-refractivity contribution in [3.63, 3.8) is 0 Å². The number of ether oxygens (including phenoxy) is 1. The number of hydrogen-bond acceptors (Lipinski definition) is 3. The quantitative estimate of drug-likeness (QED) is 0.910. The minimum absolute atomic E-state index is 0.0782. The van der Waals surface area contributed by atoms with Gasteiger partial charge in [0.2, 0.25) is 0 Å². The highest BCUT2D eigenvalue weighted by Gasteiger charge is 2.18. The lowest BCUT2D eigenvalue weighted by Crippen LogP contribution is -2.40. The van der Waals surface area contributed by atoms with E-state index in [0.717, 1.165) is 18.4 Å². The van der Waals surface area contributed by atoms with Crippen LogP contribution in [-0.2, 0) is 4.74 Å². The summed E-state index contributed by atoms with van der Waals surface area (Å²) >= 11 is 0. The number of hydrogen-bond donors (Lipinski definition) is 2. The number of aromatic amines is 1. The van der Waals surface area contributed by atoms with Crippen molar-refractivity contribution < 1.29 is 9.53 Å². The van der Waals surface area contributed by atoms with E-state index in [1.165, 1.54) is 0 Å². The minimum Gasteiger partial charge on any atom is -0.381 e. The Labute approximate surface area is 128 Å². The monoisotopic (exact) mass is 298 g/mol. The third kappa shape index (κ3) is 3.26. The first-order valence-corrected chi connectivity index (χ1v) is 7.41. The third-order valence-electron chi connectivity index (χ3n) is 3.80. The number of carbonyl (C=O) groups is 1. The molecule has 1 aromatic carbocycles. The lowest BCUT2D eigenvalue weighted by Gasteiger charge is -2.22. The third-order valence-corrected chi connectivity index (χ3v) is 3.80. The van der Waals surface area contributed by atoms with Crippen molar-refractivity contribution in [2.75, 3.05) is 13.2 Å². The number of aromatic nitrogens is 1. The molecule has 22 heavy (non-hydrogen) atoms. The normalized spacial score (nSPS) is 15.5. The Morgan fingerprint density at radius 1 is 1.09 bits per heavy atom. The fraction of sp³-hybridized carbons (Fsp3) is 0.294. The van der Waals surface area contributed by atoms with Crippen LogP contribution in [0.25, 0.3) is 11.3 Å². The molecule has 1 amide bonds. The molecule has 0 saturated carbocycles. The second kappa shape index (κ2) is 6.58. The van der Waals surface area contributed by atoms with Gasteiger partial charge < -0.3 is 15.0 Å². The molecule has 0 bridgehead atoms. The molecule has 2 N–H and O–H groups in total. The van der Waals surface area contributed by atoms with Crippen LogP contribution in [0.1, 0.15) is 23.2 Å². The number of rotatable bonds is 3. The minimum atomic E-state index is -0.370. The van der Waals surface area contributed by atoms with E-state index < -0.39 is 0 Å². The molecule has 0 unspecified atom stereocenters. The Kier molecular flexibility index (Phi) is 4.34. The van der Waals surface area contributed by atoms with Gasteiger partial charge in [-0.05, 0) is 30.5 Å². The van der Waals surface area contributed by atoms with Crippen LogP contribution in [0, 0.1) is 0 Å². The van der Waals surface area contributed by atoms with Crippen LogP contribution < -0.4 is 10.9 Å². The van der Waals surface area contributed by atoms with E-state index >= 15 is 0 Å². The van der Waals surface area contributed by atoms with Crippen LogP contribution in [0.15, 0.2) is 47.3 Å². The summed E-state index contributed by atoms with van der Waals surface area (Å²) in [5.74, 6) is -0.326. The predicted molar refractivity (Wildman–Crippen MR) is 83.8 cm³/mol. The van der Waals surface area contributed by atoms with Crippen molar-refractivity contribution >= 4 is 5.91 Å². The van der Waals surface area contributed by atoms with Gasteiger partial charge in [-0.1, -0.05) is 30.3 Å². The molecule has 3 rings (SSSR count). The van der Waals surface area contributed by atoms with Crippen LogP contribution in [-0.4, -0.2) is 30.1 Å². The predicted octanol–water partition coefficient (Wildman–Crippen LogP) is 1.95. The van der Waals surface area contributed by atoms with E-state index in [4.69, 9.17) is 4.74 Å². The second-order valence-electron chi connectivity index (χ2n) is 5.34. The molecule has 1 saturated heterocycles. The summed E-state index contributed by atoms with van der Waals surface area (Å²) in [6.07, 6.45) is 1.57. The molecule has 0 aliphatic carbocycles. The maximum absolute atomic E-state index is 12.2. The molecule has 1 aromatic heterocycles. The molecule has 0 spiro atoms. The molecule has 5 nitrogen and oxygen atoms in total. The van der Waals surface area contributed by atoms with Gasteiger partial charge in [0, 0.05) is 24.9 Å². The molecule has 1 aliphatic rings. The van der Waals surface area contributed by atoms with Crippen molar-refractivity contribution in [2.24, 2.45) is 0 Å². The Bertz CT molecular complexity index is 703. The number of carbonyl (C=O) groups excluding carboxylic acids is 1. The smallest absolute Gasteiger partial charge is 0.261 e. The number of H-pyrrole nitrogens is 1. The maximum Gasteiger partial charge on any atom is 0.261 e. The summed E-state index contributed by atoms with van der Waals surface area (Å²) in [6.45, 7) is 1.29. The van der Waals surface area contributed by atoms with Crippen LogP contribution in [0.4, 0.5) is 0 Å². The van der Waals surface area contributed by atoms with Gasteiger partial charge in [-0.2, -0.15) is 0 Å². The fourth-order valence-corrected chi connectivity index (χ4v) is 2.54. The van der Waals surface area contributed by atoms with Crippen LogP contribution >= 0.6 is 0 Å². The summed E-state index contributed by atoms with van der Waals surface area (Å²) in [5, 5.41) is 2.90. The fourth-order valence-electron chi connectivity index (χ4n) is 2.54. The zero-order valence-electron chi connectivity index (χ0n) is 12.2. The average Bonchev–Trinajstić information content (AvgIpc) is 2.56. The van der Waals surface area contributed by atoms with E-state index in [9.17, 15) is 9.59 Å². The Morgan fingerprint density at radius 2 is 1.82 bits per heavy atom. The lowest BCUT2D eigenvalue weighted by molar-refractivity contribution is 0.0696. The second-order valence-corrected chi connectivity index (χ2v) is 5.34. The highest BCUT2D eigenvalue weighted by molar-refractivity contribution is 5.94. The lowest BCUT2D eigenvalue weighted by atomic mass is 10.1. The summed E-state index contributed by atoms with van der Waals surface area (Å²) in [5.41, 5.74) is 1.39. The SMILES string of the molecule is O=C(NC1CCOCC1)c1ccc(-c2ccccc2)[nH]c1=O. The Morgan fingerprint density at radius 3 is 2.50 bits per heavy atom. The molecule has 0 radical (unpaired) electrons. The van der Waals surface area contributed by atoms with Crippen LogP contribution in [0.5, 0.6) is 0 Å². The first kappa shape index (κ1) is 14.5. The van der Waals surface area contributed by atoms with E-state index in [1.807, 2.05) is 30.3 Å². The number of pyridine rings is 1. The zero-order valence-corrected chi connectivity index (χ0v) is 12.2. The summed E-state index contributed by atoms with van der Waals surface area (Å²) in [4.78, 5) is 27.1. The Balaban J connectivity index is 1.77. The summed E-state index contributed by atoms with van der Waals surface area (Å²) in [7, 11) is 0. The molecule has 2 heterocycles. The van der Waals surface area contributed by atoms with E-state index in [-0.39, 0.29) is 23.1 Å². The van der Waals surface area contributed by atoms with Crippen molar-refractivity contribution in [2.45, 2.75) is 18.9 Å². The highest BCUT2D eigenvalue weighted by atomic mass is 16.5. The van der Waals surface area contributed by atoms with Gasteiger partial charge in [0.15, 0.2) is 0 Å². The van der Waals surface area contributed by atoms with Gasteiger partial charge in [-0.15, -0.1) is 0 Å². The topological polar surface area (TPSA) is 71.2 Å². The standard InChI is InChI=1S/C17H18N2O3/c20-16(18-13-8-10-22-11-9-13)14-6-7-15(19-17(14)21)12-4-2-1-3-5-12/h1-7,13H,8-11H2,(H,18,20)(H,19,21). The van der Waals surface area contributed by atoms with Crippen molar-refractivity contribution in [3.05, 3.63) is 58.4 Å². The van der Waals surface area contributed by atoms with Gasteiger partial charge in [0.25, 0.3) is 11.5 Å². The first-order chi connectivity index (χ1) is 10.7. The van der Waals surface area contributed by atoms with E-state index in [0.29, 0.717) is 18.9 Å². The molecule has 5 heteroatoms. The van der Waals surface area contributed by atoms with Crippen molar-refractivity contribution in [1.82, 2.24) is 10.3 Å². The van der Waals surface area contributed by atoms with Crippen molar-refractivity contribution in [3.8, 4) is 11.3 Å². The van der Waals surface area contributed by atoms with Gasteiger partial charge in [0.1, 0.15) is 5.56 Å². The van der Waals surface area contributed by atoms with Gasteiger partial charge in [0.05, 0.1) is 0 Å². The molecule has 2 aromatic rings. The molecular formula is C17H18N2O3. The Hall–Kier alpha value is -2.40. The zero-order chi connectivity index (χ0) is 15.4. The molecule has 1 fully saturated rings. The van der Waals surface area contributed by atoms with Crippen LogP contribution in [0.3, 0.4) is 0 Å². The van der Waals surface area contributed by atoms with E-state index in [1.54, 1.807) is 12.1 Å². The molecule has 114 valence electrons. The first-order valence-electron chi connectivity index (χ1n) is 7.41. The van der Waals surface area contributed by atoms with Gasteiger partial charge in [-0.25, -0.2) is 0 Å². The summed E-state index contributed by atoms with van der Waals surface area (Å²) < 4.78 is 5.26. The summed E-state index contributed by atoms with van der Waals surface area (Å²) in [6, 6.07) is 13.0. The molecule has 0 atom stereocenters. The number of benzene rings is 1. The van der Waals surface area contributed by atoms with Crippen molar-refractivity contribution in [1.29, 1.82) is 0 Å². The van der Waals surface area contributed by atoms with Crippen LogP contribution in [0.2, 0.25) is 0 Å². The van der Waals surface area contributed by atoms with E-state index in [2.05, 4.69) is 10.3 Å². The van der Waals surface area contributed by atoms with Gasteiger partial charge in [-0.3, -0.25) is 9.59 Å². The maximum atomic E-state index is 12.2. The highest BCUT2D eigenvalue weighted by Crippen LogP contribution is 2.15. The molecular weight excluding hydrogens is 280 g/mol. The van der Waals surface area contributed by atoms with Gasteiger partial charge >= 0.3 is 0 Å². The number of nitrogens with one attached hydrogen (secondary N) is 2. The average molecular weight is 298 g/mol. The number of amides is 1. The largest absolute Gasteiger partial charge is 0.381 e.